The van der Waals surface area contributed by atoms with E-state index in [1.54, 1.807) is 24.4 Å². The largest absolute Gasteiger partial charge is 0.481 e. The lowest BCUT2D eigenvalue weighted by Crippen LogP contribution is -2.24. The number of pyridine rings is 1. The molecule has 0 spiro atoms. The Morgan fingerprint density at radius 1 is 1.30 bits per heavy atom. The minimum Gasteiger partial charge on any atom is -0.481 e. The van der Waals surface area contributed by atoms with Crippen molar-refractivity contribution in [3.05, 3.63) is 58.2 Å². The van der Waals surface area contributed by atoms with E-state index in [0.29, 0.717) is 11.5 Å². The van der Waals surface area contributed by atoms with Crippen LogP contribution in [0.25, 0.3) is 10.9 Å². The first-order chi connectivity index (χ1) is 11.2. The van der Waals surface area contributed by atoms with Gasteiger partial charge in [-0.05, 0) is 46.9 Å². The van der Waals surface area contributed by atoms with E-state index in [1.165, 1.54) is 6.21 Å². The molecule has 0 aliphatic carbocycles. The van der Waals surface area contributed by atoms with Crippen LogP contribution in [0, 0.1) is 3.77 Å². The Labute approximate surface area is 145 Å². The Bertz CT molecular complexity index is 855. The van der Waals surface area contributed by atoms with Gasteiger partial charge in [-0.1, -0.05) is 18.2 Å². The number of furan rings is 1. The molecule has 3 aromatic rings. The summed E-state index contributed by atoms with van der Waals surface area (Å²) in [5.41, 5.74) is 3.10. The number of nitrogens with one attached hydrogen (secondary N) is 1. The zero-order valence-electron chi connectivity index (χ0n) is 11.9. The molecule has 0 radical (unpaired) electrons. The molecule has 0 unspecified atom stereocenters. The second kappa shape index (κ2) is 7.23. The Kier molecular flexibility index (Phi) is 4.86. The van der Waals surface area contributed by atoms with Gasteiger partial charge in [0.1, 0.15) is 17.0 Å². The number of hydrazone groups is 1. The van der Waals surface area contributed by atoms with Gasteiger partial charge < -0.3 is 9.15 Å². The summed E-state index contributed by atoms with van der Waals surface area (Å²) < 4.78 is 11.6. The summed E-state index contributed by atoms with van der Waals surface area (Å²) in [4.78, 5) is 16.0. The Hall–Kier alpha value is -2.42. The first-order valence-electron chi connectivity index (χ1n) is 6.76. The van der Waals surface area contributed by atoms with Gasteiger partial charge in [-0.2, -0.15) is 5.10 Å². The third-order valence-electron chi connectivity index (χ3n) is 2.93. The van der Waals surface area contributed by atoms with E-state index in [1.807, 2.05) is 24.3 Å². The number of carbonyl (C=O) groups is 1. The molecular formula is C16H12IN3O3. The topological polar surface area (TPSA) is 76.7 Å². The molecule has 0 fully saturated rings. The maximum absolute atomic E-state index is 11.7. The highest BCUT2D eigenvalue weighted by molar-refractivity contribution is 14.1. The molecule has 3 rings (SSSR count). The van der Waals surface area contributed by atoms with Gasteiger partial charge in [0.25, 0.3) is 5.91 Å². The van der Waals surface area contributed by atoms with Gasteiger partial charge in [0.15, 0.2) is 10.4 Å². The molecule has 0 aliphatic heterocycles. The Morgan fingerprint density at radius 2 is 2.17 bits per heavy atom. The average Bonchev–Trinajstić information content (AvgIpc) is 2.98. The van der Waals surface area contributed by atoms with Crippen molar-refractivity contribution in [2.45, 2.75) is 0 Å². The molecule has 0 saturated heterocycles. The van der Waals surface area contributed by atoms with E-state index in [9.17, 15) is 4.79 Å². The van der Waals surface area contributed by atoms with E-state index in [4.69, 9.17) is 9.15 Å². The molecule has 0 atom stereocenters. The lowest BCUT2D eigenvalue weighted by Gasteiger charge is -2.07. The fourth-order valence-electron chi connectivity index (χ4n) is 1.93. The smallest absolute Gasteiger partial charge is 0.277 e. The van der Waals surface area contributed by atoms with Gasteiger partial charge in [-0.25, -0.2) is 5.43 Å². The molecule has 7 heteroatoms. The van der Waals surface area contributed by atoms with Crippen LogP contribution in [0.1, 0.15) is 5.76 Å². The average molecular weight is 421 g/mol. The van der Waals surface area contributed by atoms with Crippen molar-refractivity contribution in [1.29, 1.82) is 0 Å². The van der Waals surface area contributed by atoms with Gasteiger partial charge in [-0.15, -0.1) is 0 Å². The number of hydrogen-bond donors (Lipinski definition) is 1. The second-order valence-electron chi connectivity index (χ2n) is 4.56. The van der Waals surface area contributed by atoms with Gasteiger partial charge in [0, 0.05) is 11.6 Å². The number of amides is 1. The van der Waals surface area contributed by atoms with E-state index in [2.05, 4.69) is 38.1 Å². The van der Waals surface area contributed by atoms with Crippen molar-refractivity contribution in [3.63, 3.8) is 0 Å². The SMILES string of the molecule is O=C(COc1cccc2cccnc12)N/N=C\c1ccc(I)o1. The van der Waals surface area contributed by atoms with E-state index in [0.717, 1.165) is 14.7 Å². The molecular weight excluding hydrogens is 409 g/mol. The molecule has 0 bridgehead atoms. The highest BCUT2D eigenvalue weighted by Crippen LogP contribution is 2.22. The Balaban J connectivity index is 1.57. The van der Waals surface area contributed by atoms with Crippen LogP contribution in [-0.4, -0.2) is 23.7 Å². The number of hydrogen-bond acceptors (Lipinski definition) is 5. The normalized spacial score (nSPS) is 11.0. The minimum atomic E-state index is -0.365. The van der Waals surface area contributed by atoms with E-state index >= 15 is 0 Å². The standard InChI is InChI=1S/C16H12IN3O3/c17-14-7-6-12(23-14)9-19-20-15(21)10-22-13-5-1-3-11-4-2-8-18-16(11)13/h1-9H,10H2,(H,20,21)/b19-9-. The maximum atomic E-state index is 11.7. The monoisotopic (exact) mass is 421 g/mol. The summed E-state index contributed by atoms with van der Waals surface area (Å²) in [6, 6.07) is 12.9. The zero-order valence-corrected chi connectivity index (χ0v) is 14.1. The van der Waals surface area contributed by atoms with E-state index in [-0.39, 0.29) is 12.5 Å². The lowest BCUT2D eigenvalue weighted by atomic mass is 10.2. The summed E-state index contributed by atoms with van der Waals surface area (Å²) in [5, 5.41) is 4.77. The second-order valence-corrected chi connectivity index (χ2v) is 5.62. The van der Waals surface area contributed by atoms with Gasteiger partial charge >= 0.3 is 0 Å². The zero-order chi connectivity index (χ0) is 16.1. The molecule has 6 nitrogen and oxygen atoms in total. The van der Waals surface area contributed by atoms with Crippen LogP contribution < -0.4 is 10.2 Å². The number of halogens is 1. The quantitative estimate of drug-likeness (QED) is 0.391. The first kappa shape index (κ1) is 15.5. The third kappa shape index (κ3) is 4.07. The predicted molar refractivity (Wildman–Crippen MR) is 94.4 cm³/mol. The van der Waals surface area contributed by atoms with Crippen LogP contribution in [0.2, 0.25) is 0 Å². The van der Waals surface area contributed by atoms with Crippen molar-refractivity contribution in [2.75, 3.05) is 6.61 Å². The van der Waals surface area contributed by atoms with Crippen molar-refractivity contribution in [1.82, 2.24) is 10.4 Å². The van der Waals surface area contributed by atoms with Crippen LogP contribution in [0.4, 0.5) is 0 Å². The van der Waals surface area contributed by atoms with Crippen LogP contribution in [0.3, 0.4) is 0 Å². The number of benzene rings is 1. The summed E-state index contributed by atoms with van der Waals surface area (Å²) in [6.45, 7) is -0.150. The molecule has 116 valence electrons. The summed E-state index contributed by atoms with van der Waals surface area (Å²) >= 11 is 2.05. The number of carbonyl (C=O) groups excluding carboxylic acids is 1. The first-order valence-corrected chi connectivity index (χ1v) is 7.84. The maximum Gasteiger partial charge on any atom is 0.277 e. The summed E-state index contributed by atoms with van der Waals surface area (Å²) in [5.74, 6) is 0.757. The Morgan fingerprint density at radius 3 is 3.00 bits per heavy atom. The van der Waals surface area contributed by atoms with Gasteiger partial charge in [0.05, 0.1) is 6.21 Å². The lowest BCUT2D eigenvalue weighted by molar-refractivity contribution is -0.123. The fourth-order valence-corrected chi connectivity index (χ4v) is 2.37. The molecule has 2 aromatic heterocycles. The van der Waals surface area contributed by atoms with Gasteiger partial charge in [-0.3, -0.25) is 9.78 Å². The highest BCUT2D eigenvalue weighted by atomic mass is 127. The number of ether oxygens (including phenoxy) is 1. The van der Waals surface area contributed by atoms with Crippen LogP contribution in [0.15, 0.2) is 58.2 Å². The predicted octanol–water partition coefficient (Wildman–Crippen LogP) is 2.96. The van der Waals surface area contributed by atoms with Crippen molar-refractivity contribution in [3.8, 4) is 5.75 Å². The van der Waals surface area contributed by atoms with Crippen LogP contribution in [0.5, 0.6) is 5.75 Å². The molecule has 1 N–H and O–H groups in total. The number of nitrogens with zero attached hydrogens (tertiary/aromatic N) is 2. The molecule has 2 heterocycles. The minimum absolute atomic E-state index is 0.150. The molecule has 0 saturated carbocycles. The fraction of sp³-hybridized carbons (Fsp3) is 0.0625. The number of para-hydroxylation sites is 1. The van der Waals surface area contributed by atoms with Crippen molar-refractivity contribution in [2.24, 2.45) is 5.10 Å². The van der Waals surface area contributed by atoms with Crippen molar-refractivity contribution < 1.29 is 13.9 Å². The molecule has 1 amide bonds. The molecule has 0 aliphatic rings. The van der Waals surface area contributed by atoms with Crippen LogP contribution in [-0.2, 0) is 4.79 Å². The molecule has 23 heavy (non-hydrogen) atoms. The number of aromatic nitrogens is 1. The van der Waals surface area contributed by atoms with Gasteiger partial charge in [0.2, 0.25) is 0 Å². The third-order valence-corrected chi connectivity index (χ3v) is 3.51. The number of fused-ring (bicyclic) bond motifs is 1. The van der Waals surface area contributed by atoms with Crippen molar-refractivity contribution >= 4 is 45.6 Å². The summed E-state index contributed by atoms with van der Waals surface area (Å²) in [6.07, 6.45) is 3.11. The highest BCUT2D eigenvalue weighted by Gasteiger charge is 2.06. The summed E-state index contributed by atoms with van der Waals surface area (Å²) in [7, 11) is 0. The number of rotatable bonds is 5. The molecule has 1 aromatic carbocycles. The van der Waals surface area contributed by atoms with Crippen LogP contribution >= 0.6 is 22.6 Å². The van der Waals surface area contributed by atoms with E-state index < -0.39 is 0 Å².